The second-order valence-electron chi connectivity index (χ2n) is 8.80. The van der Waals surface area contributed by atoms with Gasteiger partial charge in [-0.25, -0.2) is 13.2 Å². The molecule has 2 aromatic carbocycles. The summed E-state index contributed by atoms with van der Waals surface area (Å²) >= 11 is 0. The van der Waals surface area contributed by atoms with Gasteiger partial charge in [0.25, 0.3) is 5.91 Å². The molecule has 10 nitrogen and oxygen atoms in total. The van der Waals surface area contributed by atoms with Crippen molar-refractivity contribution in [3.8, 4) is 22.6 Å². The van der Waals surface area contributed by atoms with E-state index in [4.69, 9.17) is 19.0 Å². The minimum absolute atomic E-state index is 0.0294. The molecule has 1 heterocycles. The minimum atomic E-state index is -3.12. The van der Waals surface area contributed by atoms with E-state index in [1.807, 2.05) is 42.5 Å². The van der Waals surface area contributed by atoms with Crippen molar-refractivity contribution < 1.29 is 37.1 Å². The van der Waals surface area contributed by atoms with Gasteiger partial charge in [-0.05, 0) is 43.0 Å². The Balaban J connectivity index is 1.81. The molecule has 0 spiro atoms. The van der Waals surface area contributed by atoms with Crippen LogP contribution in [0.1, 0.15) is 25.3 Å². The Kier molecular flexibility index (Phi) is 10.1. The molecule has 1 atom stereocenters. The molecule has 1 amide bonds. The third-order valence-corrected chi connectivity index (χ3v) is 8.07. The van der Waals surface area contributed by atoms with E-state index >= 15 is 0 Å². The minimum Gasteiger partial charge on any atom is -0.496 e. The van der Waals surface area contributed by atoms with Crippen molar-refractivity contribution in [2.75, 3.05) is 39.4 Å². The van der Waals surface area contributed by atoms with Crippen molar-refractivity contribution in [3.05, 3.63) is 48.0 Å². The summed E-state index contributed by atoms with van der Waals surface area (Å²) in [6, 6.07) is 12.0. The molecular weight excluding hydrogens is 512 g/mol. The zero-order valence-corrected chi connectivity index (χ0v) is 22.9. The van der Waals surface area contributed by atoms with E-state index in [9.17, 15) is 18.0 Å². The first-order valence-corrected chi connectivity index (χ1v) is 14.1. The molecule has 11 heteroatoms. The van der Waals surface area contributed by atoms with Gasteiger partial charge >= 0.3 is 5.97 Å². The second kappa shape index (κ2) is 13.3. The van der Waals surface area contributed by atoms with E-state index in [1.165, 1.54) is 7.11 Å². The summed E-state index contributed by atoms with van der Waals surface area (Å²) < 4.78 is 39.9. The number of nitrogens with one attached hydrogen (secondary N) is 1. The number of benzene rings is 2. The topological polar surface area (TPSA) is 130 Å². The van der Waals surface area contributed by atoms with E-state index < -0.39 is 33.7 Å². The fourth-order valence-corrected chi connectivity index (χ4v) is 5.90. The molecule has 2 aromatic rings. The molecule has 1 fully saturated rings. The number of ether oxygens (including phenoxy) is 3. The van der Waals surface area contributed by atoms with E-state index in [0.29, 0.717) is 11.5 Å². The number of carbonyl (C=O) groups is 2. The summed E-state index contributed by atoms with van der Waals surface area (Å²) in [6.45, 7) is 1.84. The fourth-order valence-electron chi connectivity index (χ4n) is 4.41. The van der Waals surface area contributed by atoms with Crippen molar-refractivity contribution >= 4 is 27.4 Å². The van der Waals surface area contributed by atoms with Crippen LogP contribution in [-0.2, 0) is 35.4 Å². The van der Waals surface area contributed by atoms with Crippen molar-refractivity contribution in [2.45, 2.75) is 32.2 Å². The predicted molar refractivity (Wildman–Crippen MR) is 143 cm³/mol. The maximum absolute atomic E-state index is 13.2. The predicted octanol–water partition coefficient (Wildman–Crippen LogP) is 2.79. The first-order valence-electron chi connectivity index (χ1n) is 12.3. The van der Waals surface area contributed by atoms with Gasteiger partial charge < -0.3 is 24.4 Å². The highest BCUT2D eigenvalue weighted by atomic mass is 32.2. The zero-order valence-electron chi connectivity index (χ0n) is 22.1. The number of nitrogens with zero attached hydrogens (tertiary/aromatic N) is 1. The molecule has 206 valence electrons. The molecule has 1 saturated heterocycles. The molecule has 0 bridgehead atoms. The molecule has 1 N–H and O–H groups in total. The molecule has 1 aliphatic heterocycles. The third-order valence-electron chi connectivity index (χ3n) is 6.35. The van der Waals surface area contributed by atoms with Gasteiger partial charge in [-0.15, -0.1) is 0 Å². The number of oxime groups is 1. The monoisotopic (exact) mass is 546 g/mol. The maximum atomic E-state index is 13.2. The molecule has 3 rings (SSSR count). The molecule has 38 heavy (non-hydrogen) atoms. The van der Waals surface area contributed by atoms with Crippen LogP contribution in [0.25, 0.3) is 11.1 Å². The first kappa shape index (κ1) is 29.0. The van der Waals surface area contributed by atoms with E-state index in [2.05, 4.69) is 10.5 Å². The van der Waals surface area contributed by atoms with Crippen LogP contribution in [0.15, 0.2) is 47.6 Å². The first-order chi connectivity index (χ1) is 18.2. The highest BCUT2D eigenvalue weighted by Gasteiger charge is 2.33. The normalized spacial score (nSPS) is 16.3. The number of rotatable bonds is 11. The van der Waals surface area contributed by atoms with Crippen molar-refractivity contribution in [2.24, 2.45) is 11.1 Å². The Labute approximate surface area is 223 Å². The number of hydrogen-bond donors (Lipinski definition) is 1. The van der Waals surface area contributed by atoms with E-state index in [0.717, 1.165) is 16.7 Å². The molecule has 0 aliphatic carbocycles. The molecule has 1 aliphatic rings. The molecule has 0 radical (unpaired) electrons. The Morgan fingerprint density at radius 1 is 1.00 bits per heavy atom. The number of carbonyl (C=O) groups excluding carboxylic acids is 2. The van der Waals surface area contributed by atoms with Gasteiger partial charge in [0.15, 0.2) is 0 Å². The van der Waals surface area contributed by atoms with Gasteiger partial charge in [0, 0.05) is 12.3 Å². The molecule has 0 unspecified atom stereocenters. The lowest BCUT2D eigenvalue weighted by molar-refractivity contribution is -0.146. The highest BCUT2D eigenvalue weighted by molar-refractivity contribution is 7.91. The Bertz CT molecular complexity index is 1220. The SMILES string of the molecule is CCOC(=O)[C@H](Cc1ccc(-c2c(OC)cccc2OC)cc1)NC(=O)C(=NOC)C1CCS(=O)(=O)CC1. The van der Waals surface area contributed by atoms with Gasteiger partial charge in [-0.1, -0.05) is 35.5 Å². The van der Waals surface area contributed by atoms with Gasteiger partial charge in [-0.2, -0.15) is 0 Å². The Morgan fingerprint density at radius 2 is 1.61 bits per heavy atom. The average molecular weight is 547 g/mol. The van der Waals surface area contributed by atoms with Crippen molar-refractivity contribution in [1.82, 2.24) is 5.32 Å². The molecular formula is C27H34N2O8S. The van der Waals surface area contributed by atoms with Crippen LogP contribution in [0.3, 0.4) is 0 Å². The van der Waals surface area contributed by atoms with Crippen molar-refractivity contribution in [1.29, 1.82) is 0 Å². The molecule has 0 aromatic heterocycles. The van der Waals surface area contributed by atoms with Crippen LogP contribution in [-0.4, -0.2) is 71.5 Å². The van der Waals surface area contributed by atoms with Crippen LogP contribution in [0.5, 0.6) is 11.5 Å². The largest absolute Gasteiger partial charge is 0.496 e. The Hall–Kier alpha value is -3.60. The second-order valence-corrected chi connectivity index (χ2v) is 11.1. The average Bonchev–Trinajstić information content (AvgIpc) is 2.91. The summed E-state index contributed by atoms with van der Waals surface area (Å²) in [5, 5.41) is 6.59. The van der Waals surface area contributed by atoms with Gasteiger partial charge in [0.05, 0.1) is 37.9 Å². The van der Waals surface area contributed by atoms with E-state index in [-0.39, 0.29) is 43.1 Å². The zero-order chi connectivity index (χ0) is 27.7. The maximum Gasteiger partial charge on any atom is 0.328 e. The van der Waals surface area contributed by atoms with Crippen molar-refractivity contribution in [3.63, 3.8) is 0 Å². The molecule has 0 saturated carbocycles. The van der Waals surface area contributed by atoms with Gasteiger partial charge in [0.2, 0.25) is 0 Å². The number of methoxy groups -OCH3 is 2. The van der Waals surface area contributed by atoms with Gasteiger partial charge in [-0.3, -0.25) is 4.79 Å². The lowest BCUT2D eigenvalue weighted by Gasteiger charge is -2.24. The van der Waals surface area contributed by atoms with Crippen LogP contribution < -0.4 is 14.8 Å². The number of hydrogen-bond acceptors (Lipinski definition) is 9. The fraction of sp³-hybridized carbons (Fsp3) is 0.444. The van der Waals surface area contributed by atoms with Gasteiger partial charge in [0.1, 0.15) is 40.2 Å². The van der Waals surface area contributed by atoms with E-state index in [1.54, 1.807) is 21.1 Å². The summed E-state index contributed by atoms with van der Waals surface area (Å²) in [6.07, 6.45) is 0.693. The quantitative estimate of drug-likeness (QED) is 0.259. The lowest BCUT2D eigenvalue weighted by Crippen LogP contribution is -2.48. The summed E-state index contributed by atoms with van der Waals surface area (Å²) in [7, 11) is 1.37. The van der Waals surface area contributed by atoms with Crippen LogP contribution in [0.4, 0.5) is 0 Å². The number of esters is 1. The summed E-state index contributed by atoms with van der Waals surface area (Å²) in [4.78, 5) is 30.8. The van der Waals surface area contributed by atoms with Crippen LogP contribution >= 0.6 is 0 Å². The third kappa shape index (κ3) is 7.25. The smallest absolute Gasteiger partial charge is 0.328 e. The van der Waals surface area contributed by atoms with Crippen LogP contribution in [0.2, 0.25) is 0 Å². The standard InChI is InChI=1S/C27H34N2O8S/c1-5-37-27(31)21(28-26(30)25(29-36-4)20-13-15-38(32,33)16-14-20)17-18-9-11-19(12-10-18)24-22(34-2)7-6-8-23(24)35-3/h6-12,20-21H,5,13-17H2,1-4H3,(H,28,30)/t21-/m0/s1. The summed E-state index contributed by atoms with van der Waals surface area (Å²) in [5.74, 6) is -0.305. The Morgan fingerprint density at radius 3 is 2.13 bits per heavy atom. The summed E-state index contributed by atoms with van der Waals surface area (Å²) in [5.41, 5.74) is 2.51. The van der Waals surface area contributed by atoms with Crippen LogP contribution in [0, 0.1) is 5.92 Å². The number of amides is 1. The highest BCUT2D eigenvalue weighted by Crippen LogP contribution is 2.38. The number of sulfone groups is 1. The lowest BCUT2D eigenvalue weighted by atomic mass is 9.95.